The maximum absolute atomic E-state index is 10.8. The maximum Gasteiger partial charge on any atom is 0.307 e. The Hall–Kier alpha value is -1.36. The number of carbonyl (C=O) groups excluding carboxylic acids is 1. The van der Waals surface area contributed by atoms with E-state index in [2.05, 4.69) is 14.7 Å². The summed E-state index contributed by atoms with van der Waals surface area (Å²) < 4.78 is 4.47. The van der Waals surface area contributed by atoms with Gasteiger partial charge in [-0.05, 0) is 0 Å². The molecule has 0 aliphatic carbocycles. The molecule has 0 aliphatic rings. The zero-order chi connectivity index (χ0) is 8.97. The minimum Gasteiger partial charge on any atom is -0.469 e. The van der Waals surface area contributed by atoms with Gasteiger partial charge < -0.3 is 15.5 Å². The smallest absolute Gasteiger partial charge is 0.307 e. The number of nitrogens with one attached hydrogen (secondary N) is 1. The molecule has 1 unspecified atom stereocenters. The third-order valence-electron chi connectivity index (χ3n) is 1.53. The van der Waals surface area contributed by atoms with Crippen LogP contribution in [0.1, 0.15) is 18.2 Å². The van der Waals surface area contributed by atoms with Crippen molar-refractivity contribution in [2.24, 2.45) is 5.73 Å². The molecule has 1 atom stereocenters. The molecular formula is C7H11N3O2. The summed E-state index contributed by atoms with van der Waals surface area (Å²) in [5.74, 6) is -0.322. The molecule has 3 N–H and O–H groups in total. The molecule has 0 amide bonds. The number of carbonyl (C=O) groups is 1. The van der Waals surface area contributed by atoms with Gasteiger partial charge in [0.2, 0.25) is 0 Å². The van der Waals surface area contributed by atoms with Crippen molar-refractivity contribution in [3.8, 4) is 0 Å². The van der Waals surface area contributed by atoms with Gasteiger partial charge in [0.15, 0.2) is 0 Å². The predicted octanol–water partition coefficient (Wildman–Crippen LogP) is -0.0274. The van der Waals surface area contributed by atoms with Crippen molar-refractivity contribution < 1.29 is 9.53 Å². The number of aromatic amines is 1. The normalized spacial score (nSPS) is 12.5. The van der Waals surface area contributed by atoms with E-state index in [1.54, 1.807) is 6.20 Å². The second-order valence-electron chi connectivity index (χ2n) is 2.39. The average molecular weight is 169 g/mol. The summed E-state index contributed by atoms with van der Waals surface area (Å²) in [5, 5.41) is 0. The standard InChI is InChI=1S/C7H11N3O2/c1-12-7(11)2-5(8)6-3-9-4-10-6/h3-5H,2,8H2,1H3,(H,9,10). The number of esters is 1. The lowest BCUT2D eigenvalue weighted by Gasteiger charge is -2.06. The van der Waals surface area contributed by atoms with E-state index < -0.39 is 0 Å². The Kier molecular flexibility index (Phi) is 2.82. The zero-order valence-corrected chi connectivity index (χ0v) is 6.78. The second-order valence-corrected chi connectivity index (χ2v) is 2.39. The van der Waals surface area contributed by atoms with Crippen LogP contribution in [0.15, 0.2) is 12.5 Å². The van der Waals surface area contributed by atoms with E-state index in [9.17, 15) is 4.79 Å². The van der Waals surface area contributed by atoms with E-state index in [0.29, 0.717) is 0 Å². The van der Waals surface area contributed by atoms with Crippen LogP contribution in [0.5, 0.6) is 0 Å². The van der Waals surface area contributed by atoms with Crippen molar-refractivity contribution in [1.29, 1.82) is 0 Å². The first kappa shape index (κ1) is 8.73. The molecular weight excluding hydrogens is 158 g/mol. The van der Waals surface area contributed by atoms with Crippen molar-refractivity contribution in [1.82, 2.24) is 9.97 Å². The van der Waals surface area contributed by atoms with Crippen LogP contribution in [0.2, 0.25) is 0 Å². The summed E-state index contributed by atoms with van der Waals surface area (Å²) >= 11 is 0. The summed E-state index contributed by atoms with van der Waals surface area (Å²) in [6.07, 6.45) is 3.28. The van der Waals surface area contributed by atoms with Crippen molar-refractivity contribution in [3.05, 3.63) is 18.2 Å². The van der Waals surface area contributed by atoms with Crippen LogP contribution < -0.4 is 5.73 Å². The van der Waals surface area contributed by atoms with Gasteiger partial charge >= 0.3 is 5.97 Å². The highest BCUT2D eigenvalue weighted by atomic mass is 16.5. The molecule has 0 bridgehead atoms. The van der Waals surface area contributed by atoms with Crippen molar-refractivity contribution in [2.45, 2.75) is 12.5 Å². The van der Waals surface area contributed by atoms with Crippen LogP contribution in [0.25, 0.3) is 0 Å². The van der Waals surface area contributed by atoms with Gasteiger partial charge in [-0.1, -0.05) is 0 Å². The summed E-state index contributed by atoms with van der Waals surface area (Å²) in [6, 6.07) is -0.361. The van der Waals surface area contributed by atoms with Crippen LogP contribution in [0, 0.1) is 0 Å². The first-order valence-corrected chi connectivity index (χ1v) is 3.54. The van der Waals surface area contributed by atoms with Gasteiger partial charge in [0.25, 0.3) is 0 Å². The van der Waals surface area contributed by atoms with E-state index in [0.717, 1.165) is 5.69 Å². The largest absolute Gasteiger partial charge is 0.469 e. The fourth-order valence-corrected chi connectivity index (χ4v) is 0.842. The molecule has 12 heavy (non-hydrogen) atoms. The van der Waals surface area contributed by atoms with E-state index in [1.165, 1.54) is 13.4 Å². The first-order chi connectivity index (χ1) is 5.74. The number of hydrogen-bond donors (Lipinski definition) is 2. The number of H-pyrrole nitrogens is 1. The SMILES string of the molecule is COC(=O)CC(N)c1cnc[nH]1. The molecule has 1 aromatic heterocycles. The zero-order valence-electron chi connectivity index (χ0n) is 6.78. The van der Waals surface area contributed by atoms with Crippen molar-refractivity contribution >= 4 is 5.97 Å². The Labute approximate surface area is 69.9 Å². The lowest BCUT2D eigenvalue weighted by Crippen LogP contribution is -2.16. The molecule has 0 saturated carbocycles. The van der Waals surface area contributed by atoms with Crippen LogP contribution >= 0.6 is 0 Å². The number of rotatable bonds is 3. The molecule has 5 nitrogen and oxygen atoms in total. The molecule has 0 fully saturated rings. The van der Waals surface area contributed by atoms with E-state index >= 15 is 0 Å². The molecule has 0 saturated heterocycles. The number of methoxy groups -OCH3 is 1. The van der Waals surface area contributed by atoms with Gasteiger partial charge in [-0.2, -0.15) is 0 Å². The van der Waals surface area contributed by atoms with E-state index in [-0.39, 0.29) is 18.4 Å². The maximum atomic E-state index is 10.8. The molecule has 0 aliphatic heterocycles. The van der Waals surface area contributed by atoms with Crippen LogP contribution in [-0.2, 0) is 9.53 Å². The summed E-state index contributed by atoms with van der Waals surface area (Å²) in [5.41, 5.74) is 6.38. The summed E-state index contributed by atoms with van der Waals surface area (Å²) in [7, 11) is 1.34. The van der Waals surface area contributed by atoms with E-state index in [1.807, 2.05) is 0 Å². The number of aromatic nitrogens is 2. The minimum atomic E-state index is -0.361. The third kappa shape index (κ3) is 2.06. The highest BCUT2D eigenvalue weighted by Crippen LogP contribution is 2.09. The Morgan fingerprint density at radius 3 is 3.17 bits per heavy atom. The van der Waals surface area contributed by atoms with Crippen LogP contribution in [0.3, 0.4) is 0 Å². The van der Waals surface area contributed by atoms with E-state index in [4.69, 9.17) is 5.73 Å². The number of imidazole rings is 1. The highest BCUT2D eigenvalue weighted by Gasteiger charge is 2.12. The van der Waals surface area contributed by atoms with Crippen molar-refractivity contribution in [3.63, 3.8) is 0 Å². The monoisotopic (exact) mass is 169 g/mol. The second kappa shape index (κ2) is 3.87. The minimum absolute atomic E-state index is 0.165. The third-order valence-corrected chi connectivity index (χ3v) is 1.53. The number of hydrogen-bond acceptors (Lipinski definition) is 4. The molecule has 5 heteroatoms. The fraction of sp³-hybridized carbons (Fsp3) is 0.429. The number of ether oxygens (including phenoxy) is 1. The Balaban J connectivity index is 2.49. The first-order valence-electron chi connectivity index (χ1n) is 3.54. The van der Waals surface area contributed by atoms with Crippen LogP contribution in [-0.4, -0.2) is 23.0 Å². The predicted molar refractivity (Wildman–Crippen MR) is 42.1 cm³/mol. The van der Waals surface area contributed by atoms with Gasteiger partial charge in [0.05, 0.1) is 31.6 Å². The van der Waals surface area contributed by atoms with Gasteiger partial charge in [-0.15, -0.1) is 0 Å². The van der Waals surface area contributed by atoms with Gasteiger partial charge in [0.1, 0.15) is 0 Å². The molecule has 0 aromatic carbocycles. The average Bonchev–Trinajstić information content (AvgIpc) is 2.56. The molecule has 1 heterocycles. The Bertz CT molecular complexity index is 245. The fourth-order valence-electron chi connectivity index (χ4n) is 0.842. The Morgan fingerprint density at radius 1 is 1.92 bits per heavy atom. The topological polar surface area (TPSA) is 81.0 Å². The summed E-state index contributed by atoms with van der Waals surface area (Å²) in [6.45, 7) is 0. The number of nitrogens with zero attached hydrogens (tertiary/aromatic N) is 1. The molecule has 66 valence electrons. The van der Waals surface area contributed by atoms with Gasteiger partial charge in [-0.25, -0.2) is 4.98 Å². The molecule has 1 aromatic rings. The lowest BCUT2D eigenvalue weighted by molar-refractivity contribution is -0.141. The quantitative estimate of drug-likeness (QED) is 0.623. The Morgan fingerprint density at radius 2 is 2.67 bits per heavy atom. The molecule has 0 spiro atoms. The van der Waals surface area contributed by atoms with Crippen LogP contribution in [0.4, 0.5) is 0 Å². The van der Waals surface area contributed by atoms with Gasteiger partial charge in [-0.3, -0.25) is 4.79 Å². The lowest BCUT2D eigenvalue weighted by atomic mass is 10.2. The summed E-state index contributed by atoms with van der Waals surface area (Å²) in [4.78, 5) is 17.4. The number of nitrogens with two attached hydrogens (primary N) is 1. The van der Waals surface area contributed by atoms with Gasteiger partial charge in [0, 0.05) is 6.20 Å². The molecule has 1 rings (SSSR count). The molecule has 0 radical (unpaired) electrons. The van der Waals surface area contributed by atoms with Crippen molar-refractivity contribution in [2.75, 3.05) is 7.11 Å². The highest BCUT2D eigenvalue weighted by molar-refractivity contribution is 5.70.